The lowest BCUT2D eigenvalue weighted by atomic mass is 9.95. The first-order valence-electron chi connectivity index (χ1n) is 10.4. The normalized spacial score (nSPS) is 15.5. The number of amides is 2. The summed E-state index contributed by atoms with van der Waals surface area (Å²) in [5.41, 5.74) is 4.37. The number of rotatable bonds is 4. The van der Waals surface area contributed by atoms with Crippen LogP contribution in [0.3, 0.4) is 0 Å². The first kappa shape index (κ1) is 20.5. The lowest BCUT2D eigenvalue weighted by Crippen LogP contribution is -2.31. The Hall–Kier alpha value is -3.73. The zero-order valence-corrected chi connectivity index (χ0v) is 17.4. The molecule has 1 atom stereocenters. The molecular formula is C26H24N2O3. The van der Waals surface area contributed by atoms with E-state index < -0.39 is 0 Å². The van der Waals surface area contributed by atoms with E-state index in [-0.39, 0.29) is 17.7 Å². The third kappa shape index (κ3) is 4.26. The van der Waals surface area contributed by atoms with Crippen molar-refractivity contribution in [1.82, 2.24) is 0 Å². The quantitative estimate of drug-likeness (QED) is 0.615. The minimum absolute atomic E-state index is 0.115. The molecule has 1 unspecified atom stereocenters. The molecule has 0 spiro atoms. The third-order valence-corrected chi connectivity index (χ3v) is 5.71. The Morgan fingerprint density at radius 1 is 0.968 bits per heavy atom. The average Bonchev–Trinajstić information content (AvgIpc) is 2.99. The maximum atomic E-state index is 13.3. The molecule has 31 heavy (non-hydrogen) atoms. The second-order valence-corrected chi connectivity index (χ2v) is 7.75. The average molecular weight is 412 g/mol. The second-order valence-electron chi connectivity index (χ2n) is 7.75. The van der Waals surface area contributed by atoms with Gasteiger partial charge in [-0.25, -0.2) is 0 Å². The zero-order chi connectivity index (χ0) is 21.8. The summed E-state index contributed by atoms with van der Waals surface area (Å²) in [6.45, 7) is 2.46. The molecule has 3 aromatic carbocycles. The van der Waals surface area contributed by atoms with Crippen LogP contribution >= 0.6 is 0 Å². The van der Waals surface area contributed by atoms with Crippen LogP contribution in [0.2, 0.25) is 0 Å². The largest absolute Gasteiger partial charge is 0.322 e. The Morgan fingerprint density at radius 2 is 1.68 bits per heavy atom. The molecule has 0 aromatic heterocycles. The Balaban J connectivity index is 1.54. The number of nitrogens with one attached hydrogen (secondary N) is 1. The van der Waals surface area contributed by atoms with Crippen molar-refractivity contribution >= 4 is 29.5 Å². The van der Waals surface area contributed by atoms with E-state index in [1.54, 1.807) is 35.2 Å². The molecule has 0 bridgehead atoms. The Bertz CT molecular complexity index is 1120. The number of anilines is 2. The Morgan fingerprint density at radius 3 is 2.42 bits per heavy atom. The molecule has 2 amide bonds. The number of carbonyl (C=O) groups excluding carboxylic acids is 3. The summed E-state index contributed by atoms with van der Waals surface area (Å²) in [5.74, 6) is -0.484. The molecule has 1 aliphatic heterocycles. The van der Waals surface area contributed by atoms with E-state index in [1.165, 1.54) is 0 Å². The second kappa shape index (κ2) is 8.96. The van der Waals surface area contributed by atoms with Crippen molar-refractivity contribution in [1.29, 1.82) is 0 Å². The Labute approximate surface area is 181 Å². The van der Waals surface area contributed by atoms with Crippen LogP contribution in [0.25, 0.3) is 0 Å². The lowest BCUT2D eigenvalue weighted by molar-refractivity contribution is -0.109. The van der Waals surface area contributed by atoms with Crippen LogP contribution in [0.5, 0.6) is 0 Å². The fourth-order valence-electron chi connectivity index (χ4n) is 4.02. The first-order chi connectivity index (χ1) is 15.1. The van der Waals surface area contributed by atoms with Gasteiger partial charge in [0.1, 0.15) is 6.29 Å². The molecule has 0 aliphatic carbocycles. The minimum Gasteiger partial charge on any atom is -0.322 e. The topological polar surface area (TPSA) is 66.5 Å². The van der Waals surface area contributed by atoms with Crippen LogP contribution < -0.4 is 10.2 Å². The number of carbonyl (C=O) groups is 3. The van der Waals surface area contributed by atoms with Gasteiger partial charge in [0.15, 0.2) is 0 Å². The van der Waals surface area contributed by atoms with Crippen molar-refractivity contribution < 1.29 is 14.4 Å². The summed E-state index contributed by atoms with van der Waals surface area (Å²) in [5, 5.41) is 2.88. The molecule has 3 aromatic rings. The van der Waals surface area contributed by atoms with E-state index in [0.29, 0.717) is 23.4 Å². The van der Waals surface area contributed by atoms with Gasteiger partial charge in [0.2, 0.25) is 0 Å². The van der Waals surface area contributed by atoms with Gasteiger partial charge in [-0.15, -0.1) is 0 Å². The molecule has 156 valence electrons. The standard InChI is InChI=1S/C26H24N2O3/c1-18-7-2-3-9-22(18)25(30)27-21-14-12-19(13-15-21)26(31)28-16-6-8-20(17-29)23-10-4-5-11-24(23)28/h2-5,7,9-15,17,20H,6,8,16H2,1H3,(H,27,30). The van der Waals surface area contributed by atoms with Crippen LogP contribution in [-0.4, -0.2) is 24.6 Å². The number of aldehydes is 1. The van der Waals surface area contributed by atoms with Gasteiger partial charge < -0.3 is 15.0 Å². The number of benzene rings is 3. The van der Waals surface area contributed by atoms with E-state index >= 15 is 0 Å². The van der Waals surface area contributed by atoms with Gasteiger partial charge in [0.05, 0.1) is 0 Å². The van der Waals surface area contributed by atoms with Crippen LogP contribution in [-0.2, 0) is 4.79 Å². The van der Waals surface area contributed by atoms with Crippen LogP contribution in [0.4, 0.5) is 11.4 Å². The highest BCUT2D eigenvalue weighted by atomic mass is 16.2. The fraction of sp³-hybridized carbons (Fsp3) is 0.192. The van der Waals surface area contributed by atoms with E-state index in [1.807, 2.05) is 49.4 Å². The maximum absolute atomic E-state index is 13.3. The van der Waals surface area contributed by atoms with Crippen LogP contribution in [0.15, 0.2) is 72.8 Å². The fourth-order valence-corrected chi connectivity index (χ4v) is 4.02. The number of fused-ring (bicyclic) bond motifs is 1. The molecule has 1 heterocycles. The van der Waals surface area contributed by atoms with Gasteiger partial charge in [-0.2, -0.15) is 0 Å². The first-order valence-corrected chi connectivity index (χ1v) is 10.4. The zero-order valence-electron chi connectivity index (χ0n) is 17.4. The lowest BCUT2D eigenvalue weighted by Gasteiger charge is -2.23. The van der Waals surface area contributed by atoms with E-state index in [2.05, 4.69) is 5.32 Å². The van der Waals surface area contributed by atoms with Crippen molar-refractivity contribution in [3.05, 3.63) is 95.1 Å². The van der Waals surface area contributed by atoms with E-state index in [9.17, 15) is 14.4 Å². The van der Waals surface area contributed by atoms with Gasteiger partial charge in [0, 0.05) is 35.0 Å². The molecule has 1 N–H and O–H groups in total. The molecule has 0 saturated heterocycles. The molecule has 5 heteroatoms. The number of hydrogen-bond donors (Lipinski definition) is 1. The van der Waals surface area contributed by atoms with Crippen molar-refractivity contribution in [2.45, 2.75) is 25.7 Å². The molecule has 0 saturated carbocycles. The summed E-state index contributed by atoms with van der Waals surface area (Å²) < 4.78 is 0. The van der Waals surface area contributed by atoms with Gasteiger partial charge >= 0.3 is 0 Å². The third-order valence-electron chi connectivity index (χ3n) is 5.71. The summed E-state index contributed by atoms with van der Waals surface area (Å²) in [7, 11) is 0. The van der Waals surface area contributed by atoms with Crippen LogP contribution in [0.1, 0.15) is 50.6 Å². The number of nitrogens with zero attached hydrogens (tertiary/aromatic N) is 1. The number of para-hydroxylation sites is 1. The molecule has 1 aliphatic rings. The highest BCUT2D eigenvalue weighted by Gasteiger charge is 2.26. The number of hydrogen-bond acceptors (Lipinski definition) is 3. The summed E-state index contributed by atoms with van der Waals surface area (Å²) in [6.07, 6.45) is 2.46. The predicted molar refractivity (Wildman–Crippen MR) is 122 cm³/mol. The van der Waals surface area contributed by atoms with Gasteiger partial charge in [0.25, 0.3) is 11.8 Å². The molecule has 4 rings (SSSR count). The van der Waals surface area contributed by atoms with E-state index in [0.717, 1.165) is 35.9 Å². The maximum Gasteiger partial charge on any atom is 0.258 e. The Kier molecular flexibility index (Phi) is 5.94. The van der Waals surface area contributed by atoms with E-state index in [4.69, 9.17) is 0 Å². The minimum atomic E-state index is -0.187. The molecular weight excluding hydrogens is 388 g/mol. The SMILES string of the molecule is Cc1ccccc1C(=O)Nc1ccc(C(=O)N2CCCC(C=O)c3ccccc32)cc1. The van der Waals surface area contributed by atoms with Crippen LogP contribution in [0, 0.1) is 6.92 Å². The summed E-state index contributed by atoms with van der Waals surface area (Å²) in [6, 6.07) is 21.9. The highest BCUT2D eigenvalue weighted by molar-refractivity contribution is 6.08. The predicted octanol–water partition coefficient (Wildman–Crippen LogP) is 4.97. The number of aryl methyl sites for hydroxylation is 1. The van der Waals surface area contributed by atoms with Crippen molar-refractivity contribution in [3.63, 3.8) is 0 Å². The molecule has 0 radical (unpaired) electrons. The molecule has 5 nitrogen and oxygen atoms in total. The highest BCUT2D eigenvalue weighted by Crippen LogP contribution is 2.34. The van der Waals surface area contributed by atoms with Gasteiger partial charge in [-0.05, 0) is 67.3 Å². The summed E-state index contributed by atoms with van der Waals surface area (Å²) in [4.78, 5) is 39.1. The summed E-state index contributed by atoms with van der Waals surface area (Å²) >= 11 is 0. The van der Waals surface area contributed by atoms with Crippen molar-refractivity contribution in [3.8, 4) is 0 Å². The van der Waals surface area contributed by atoms with Gasteiger partial charge in [-0.3, -0.25) is 9.59 Å². The van der Waals surface area contributed by atoms with Crippen molar-refractivity contribution in [2.75, 3.05) is 16.8 Å². The molecule has 0 fully saturated rings. The van der Waals surface area contributed by atoms with Crippen molar-refractivity contribution in [2.24, 2.45) is 0 Å². The van der Waals surface area contributed by atoms with Gasteiger partial charge in [-0.1, -0.05) is 36.4 Å². The smallest absolute Gasteiger partial charge is 0.258 e. The monoisotopic (exact) mass is 412 g/mol.